The molecule has 0 aliphatic rings. The number of rotatable bonds is 5. The Morgan fingerprint density at radius 1 is 1.37 bits per heavy atom. The van der Waals surface area contributed by atoms with Gasteiger partial charge >= 0.3 is 5.97 Å². The summed E-state index contributed by atoms with van der Waals surface area (Å²) < 4.78 is 5.89. The number of carboxylic acid groups (broad SMARTS) is 1. The third-order valence-electron chi connectivity index (χ3n) is 2.63. The zero-order valence-corrected chi connectivity index (χ0v) is 12.5. The van der Waals surface area contributed by atoms with Crippen LogP contribution in [0.4, 0.5) is 0 Å². The third-order valence-corrected chi connectivity index (χ3v) is 3.12. The summed E-state index contributed by atoms with van der Waals surface area (Å²) in [6.07, 6.45) is 0. The summed E-state index contributed by atoms with van der Waals surface area (Å²) in [6, 6.07) is 4.00. The standard InChI is InChI=1S/C13H16BrNO4/c1-7(2)11(13(17)18)15-12(16)9-5-4-8(14)6-10(9)19-3/h4-7,11H,1-3H3,(H,15,16)(H,17,18). The number of hydrogen-bond donors (Lipinski definition) is 2. The second-order valence-corrected chi connectivity index (χ2v) is 5.29. The van der Waals surface area contributed by atoms with Gasteiger partial charge < -0.3 is 15.2 Å². The van der Waals surface area contributed by atoms with E-state index in [1.54, 1.807) is 32.0 Å². The lowest BCUT2D eigenvalue weighted by Gasteiger charge is -2.18. The molecular weight excluding hydrogens is 314 g/mol. The van der Waals surface area contributed by atoms with Crippen molar-refractivity contribution in [2.24, 2.45) is 5.92 Å². The zero-order valence-electron chi connectivity index (χ0n) is 10.9. The van der Waals surface area contributed by atoms with E-state index in [0.717, 1.165) is 4.47 Å². The van der Waals surface area contributed by atoms with Gasteiger partial charge in [0.15, 0.2) is 0 Å². The first kappa shape index (κ1) is 15.5. The van der Waals surface area contributed by atoms with Crippen LogP contribution in [0.3, 0.4) is 0 Å². The summed E-state index contributed by atoms with van der Waals surface area (Å²) in [5, 5.41) is 11.5. The normalized spacial score (nSPS) is 12.1. The number of hydrogen-bond acceptors (Lipinski definition) is 3. The predicted octanol–water partition coefficient (Wildman–Crippen LogP) is 2.30. The van der Waals surface area contributed by atoms with E-state index in [2.05, 4.69) is 21.2 Å². The molecule has 19 heavy (non-hydrogen) atoms. The first-order valence-electron chi connectivity index (χ1n) is 5.74. The molecule has 0 aliphatic carbocycles. The number of amides is 1. The van der Waals surface area contributed by atoms with Crippen LogP contribution in [0, 0.1) is 5.92 Å². The highest BCUT2D eigenvalue weighted by molar-refractivity contribution is 9.10. The molecule has 1 unspecified atom stereocenters. The van der Waals surface area contributed by atoms with Crippen molar-refractivity contribution in [3.05, 3.63) is 28.2 Å². The summed E-state index contributed by atoms with van der Waals surface area (Å²) in [5.74, 6) is -1.34. The number of benzene rings is 1. The van der Waals surface area contributed by atoms with Gasteiger partial charge in [0.25, 0.3) is 5.91 Å². The van der Waals surface area contributed by atoms with Crippen molar-refractivity contribution in [3.63, 3.8) is 0 Å². The topological polar surface area (TPSA) is 75.6 Å². The van der Waals surface area contributed by atoms with Gasteiger partial charge in [0, 0.05) is 4.47 Å². The fourth-order valence-corrected chi connectivity index (χ4v) is 1.93. The molecule has 0 aromatic heterocycles. The maximum Gasteiger partial charge on any atom is 0.326 e. The van der Waals surface area contributed by atoms with E-state index < -0.39 is 17.9 Å². The summed E-state index contributed by atoms with van der Waals surface area (Å²) >= 11 is 3.28. The second-order valence-electron chi connectivity index (χ2n) is 4.38. The Morgan fingerprint density at radius 2 is 2.00 bits per heavy atom. The Labute approximate surface area is 120 Å². The van der Waals surface area contributed by atoms with Gasteiger partial charge in [-0.3, -0.25) is 4.79 Å². The van der Waals surface area contributed by atoms with Crippen molar-refractivity contribution in [1.82, 2.24) is 5.32 Å². The van der Waals surface area contributed by atoms with Crippen LogP contribution in [0.2, 0.25) is 0 Å². The van der Waals surface area contributed by atoms with E-state index in [-0.39, 0.29) is 5.92 Å². The second kappa shape index (κ2) is 6.56. The number of aliphatic carboxylic acids is 1. The van der Waals surface area contributed by atoms with Gasteiger partial charge in [-0.05, 0) is 24.1 Å². The maximum absolute atomic E-state index is 12.1. The van der Waals surface area contributed by atoms with Crippen molar-refractivity contribution in [2.75, 3.05) is 7.11 Å². The minimum atomic E-state index is -1.06. The van der Waals surface area contributed by atoms with Crippen LogP contribution in [0.15, 0.2) is 22.7 Å². The number of halogens is 1. The highest BCUT2D eigenvalue weighted by atomic mass is 79.9. The van der Waals surface area contributed by atoms with Crippen molar-refractivity contribution in [2.45, 2.75) is 19.9 Å². The molecule has 0 spiro atoms. The van der Waals surface area contributed by atoms with E-state index >= 15 is 0 Å². The van der Waals surface area contributed by atoms with Crippen LogP contribution in [0.25, 0.3) is 0 Å². The lowest BCUT2D eigenvalue weighted by molar-refractivity contribution is -0.140. The molecule has 0 saturated heterocycles. The number of carbonyl (C=O) groups is 2. The van der Waals surface area contributed by atoms with E-state index in [1.165, 1.54) is 7.11 Å². The zero-order chi connectivity index (χ0) is 14.6. The number of carboxylic acids is 1. The monoisotopic (exact) mass is 329 g/mol. The highest BCUT2D eigenvalue weighted by Gasteiger charge is 2.25. The van der Waals surface area contributed by atoms with Crippen LogP contribution >= 0.6 is 15.9 Å². The molecule has 2 N–H and O–H groups in total. The van der Waals surface area contributed by atoms with Crippen LogP contribution < -0.4 is 10.1 Å². The predicted molar refractivity (Wildman–Crippen MR) is 74.4 cm³/mol. The van der Waals surface area contributed by atoms with Crippen LogP contribution in [0.1, 0.15) is 24.2 Å². The summed E-state index contributed by atoms with van der Waals surface area (Å²) in [6.45, 7) is 3.47. The average molecular weight is 330 g/mol. The van der Waals surface area contributed by atoms with Crippen LogP contribution in [0.5, 0.6) is 5.75 Å². The maximum atomic E-state index is 12.1. The molecule has 0 aliphatic heterocycles. The SMILES string of the molecule is COc1cc(Br)ccc1C(=O)NC(C(=O)O)C(C)C. The van der Waals surface area contributed by atoms with Gasteiger partial charge in [0.2, 0.25) is 0 Å². The molecule has 5 nitrogen and oxygen atoms in total. The van der Waals surface area contributed by atoms with Gasteiger partial charge in [0.1, 0.15) is 11.8 Å². The molecule has 104 valence electrons. The molecular formula is C13H16BrNO4. The molecule has 1 rings (SSSR count). The Kier molecular flexibility index (Phi) is 5.35. The number of nitrogens with one attached hydrogen (secondary N) is 1. The summed E-state index contributed by atoms with van der Waals surface area (Å²) in [7, 11) is 1.45. The molecule has 1 aromatic carbocycles. The van der Waals surface area contributed by atoms with Crippen molar-refractivity contribution < 1.29 is 19.4 Å². The Morgan fingerprint density at radius 3 is 2.47 bits per heavy atom. The molecule has 0 heterocycles. The highest BCUT2D eigenvalue weighted by Crippen LogP contribution is 2.23. The van der Waals surface area contributed by atoms with Crippen LogP contribution in [-0.2, 0) is 4.79 Å². The van der Waals surface area contributed by atoms with Gasteiger partial charge in [0.05, 0.1) is 12.7 Å². The lowest BCUT2D eigenvalue weighted by Crippen LogP contribution is -2.44. The Hall–Kier alpha value is -1.56. The summed E-state index contributed by atoms with van der Waals surface area (Å²) in [5.41, 5.74) is 0.303. The molecule has 0 bridgehead atoms. The van der Waals surface area contributed by atoms with Crippen molar-refractivity contribution in [1.29, 1.82) is 0 Å². The minimum absolute atomic E-state index is 0.206. The Balaban J connectivity index is 2.97. The molecule has 1 amide bonds. The first-order chi connectivity index (χ1) is 8.86. The third kappa shape index (κ3) is 3.96. The van der Waals surface area contributed by atoms with Gasteiger partial charge in [-0.2, -0.15) is 0 Å². The van der Waals surface area contributed by atoms with Gasteiger partial charge in [-0.25, -0.2) is 4.79 Å². The fourth-order valence-electron chi connectivity index (χ4n) is 1.59. The average Bonchev–Trinajstić information content (AvgIpc) is 2.34. The van der Waals surface area contributed by atoms with E-state index in [9.17, 15) is 9.59 Å². The van der Waals surface area contributed by atoms with E-state index in [0.29, 0.717) is 11.3 Å². The van der Waals surface area contributed by atoms with E-state index in [1.807, 2.05) is 0 Å². The number of carbonyl (C=O) groups excluding carboxylic acids is 1. The van der Waals surface area contributed by atoms with Crippen molar-refractivity contribution in [3.8, 4) is 5.75 Å². The molecule has 0 fully saturated rings. The smallest absolute Gasteiger partial charge is 0.326 e. The quantitative estimate of drug-likeness (QED) is 0.869. The molecule has 0 radical (unpaired) electrons. The van der Waals surface area contributed by atoms with E-state index in [4.69, 9.17) is 9.84 Å². The Bertz CT molecular complexity index is 488. The molecule has 1 aromatic rings. The molecule has 0 saturated carbocycles. The number of ether oxygens (including phenoxy) is 1. The lowest BCUT2D eigenvalue weighted by atomic mass is 10.0. The molecule has 6 heteroatoms. The molecule has 1 atom stereocenters. The van der Waals surface area contributed by atoms with Crippen LogP contribution in [-0.4, -0.2) is 30.1 Å². The first-order valence-corrected chi connectivity index (χ1v) is 6.53. The summed E-state index contributed by atoms with van der Waals surface area (Å²) in [4.78, 5) is 23.1. The number of methoxy groups -OCH3 is 1. The fraction of sp³-hybridized carbons (Fsp3) is 0.385. The van der Waals surface area contributed by atoms with Gasteiger partial charge in [-0.15, -0.1) is 0 Å². The van der Waals surface area contributed by atoms with Gasteiger partial charge in [-0.1, -0.05) is 29.8 Å². The van der Waals surface area contributed by atoms with Crippen molar-refractivity contribution >= 4 is 27.8 Å². The largest absolute Gasteiger partial charge is 0.496 e. The minimum Gasteiger partial charge on any atom is -0.496 e.